The van der Waals surface area contributed by atoms with E-state index in [0.717, 1.165) is 16.2 Å². The van der Waals surface area contributed by atoms with Crippen LogP contribution in [0.4, 0.5) is 5.82 Å². The largest absolute Gasteiger partial charge is 0.478 e. The molecule has 1 heterocycles. The van der Waals surface area contributed by atoms with Crippen molar-refractivity contribution >= 4 is 33.5 Å². The van der Waals surface area contributed by atoms with E-state index in [1.165, 1.54) is 6.07 Å². The molecule has 3 aromatic rings. The van der Waals surface area contributed by atoms with E-state index in [9.17, 15) is 4.79 Å². The Balaban J connectivity index is 2.50. The van der Waals surface area contributed by atoms with Crippen molar-refractivity contribution in [1.29, 1.82) is 0 Å². The van der Waals surface area contributed by atoms with Gasteiger partial charge in [0.25, 0.3) is 0 Å². The van der Waals surface area contributed by atoms with E-state index >= 15 is 0 Å². The first-order valence-electron chi connectivity index (χ1n) is 5.48. The zero-order valence-corrected chi connectivity index (χ0v) is 9.42. The Bertz CT molecular complexity index is 781. The fourth-order valence-corrected chi connectivity index (χ4v) is 2.11. The summed E-state index contributed by atoms with van der Waals surface area (Å²) < 4.78 is 0. The van der Waals surface area contributed by atoms with Gasteiger partial charge in [0.2, 0.25) is 0 Å². The van der Waals surface area contributed by atoms with E-state index in [1.807, 2.05) is 24.3 Å². The maximum absolute atomic E-state index is 11.0. The van der Waals surface area contributed by atoms with Crippen LogP contribution in [0, 0.1) is 0 Å². The van der Waals surface area contributed by atoms with Crippen molar-refractivity contribution < 1.29 is 9.90 Å². The van der Waals surface area contributed by atoms with E-state index in [1.54, 1.807) is 12.1 Å². The fourth-order valence-electron chi connectivity index (χ4n) is 2.11. The first kappa shape index (κ1) is 10.5. The number of hydrogen-bond acceptors (Lipinski definition) is 3. The Morgan fingerprint density at radius 1 is 1.06 bits per heavy atom. The van der Waals surface area contributed by atoms with E-state index in [4.69, 9.17) is 10.8 Å². The van der Waals surface area contributed by atoms with Gasteiger partial charge in [-0.2, -0.15) is 0 Å². The summed E-state index contributed by atoms with van der Waals surface area (Å²) in [5, 5.41) is 11.6. The molecule has 18 heavy (non-hydrogen) atoms. The van der Waals surface area contributed by atoms with Crippen LogP contribution in [0.3, 0.4) is 0 Å². The minimum atomic E-state index is -0.946. The van der Waals surface area contributed by atoms with Crippen LogP contribution in [-0.4, -0.2) is 16.1 Å². The van der Waals surface area contributed by atoms with Crippen molar-refractivity contribution in [3.63, 3.8) is 0 Å². The average molecular weight is 238 g/mol. The van der Waals surface area contributed by atoms with Gasteiger partial charge in [0.15, 0.2) is 0 Å². The summed E-state index contributed by atoms with van der Waals surface area (Å²) in [7, 11) is 0. The Morgan fingerprint density at radius 2 is 1.78 bits per heavy atom. The summed E-state index contributed by atoms with van der Waals surface area (Å²) >= 11 is 0. The fraction of sp³-hybridized carbons (Fsp3) is 0. The number of nitrogens with two attached hydrogens (primary N) is 1. The topological polar surface area (TPSA) is 76.2 Å². The number of benzene rings is 2. The first-order valence-corrected chi connectivity index (χ1v) is 5.48. The second kappa shape index (κ2) is 3.70. The monoisotopic (exact) mass is 238 g/mol. The second-order valence-corrected chi connectivity index (χ2v) is 4.08. The molecule has 0 aliphatic heterocycles. The molecule has 0 unspecified atom stereocenters. The van der Waals surface area contributed by atoms with Crippen LogP contribution >= 0.6 is 0 Å². The van der Waals surface area contributed by atoms with Gasteiger partial charge in [-0.05, 0) is 23.6 Å². The highest BCUT2D eigenvalue weighted by Gasteiger charge is 2.09. The molecule has 4 heteroatoms. The molecule has 0 aliphatic carbocycles. The van der Waals surface area contributed by atoms with Gasteiger partial charge in [0.05, 0.1) is 11.1 Å². The van der Waals surface area contributed by atoms with Gasteiger partial charge in [-0.25, -0.2) is 9.78 Å². The molecular formula is C14H10N2O2. The predicted molar refractivity (Wildman–Crippen MR) is 70.6 cm³/mol. The van der Waals surface area contributed by atoms with Crippen LogP contribution in [0.25, 0.3) is 21.7 Å². The van der Waals surface area contributed by atoms with E-state index < -0.39 is 5.97 Å². The number of hydrogen-bond donors (Lipinski definition) is 2. The number of anilines is 1. The minimum Gasteiger partial charge on any atom is -0.478 e. The van der Waals surface area contributed by atoms with Gasteiger partial charge in [0, 0.05) is 10.8 Å². The molecule has 1 aromatic heterocycles. The zero-order valence-electron chi connectivity index (χ0n) is 9.42. The Kier molecular flexibility index (Phi) is 2.16. The zero-order chi connectivity index (χ0) is 12.7. The number of nitrogen functional groups attached to an aromatic ring is 1. The van der Waals surface area contributed by atoms with Gasteiger partial charge in [-0.3, -0.25) is 0 Å². The van der Waals surface area contributed by atoms with Gasteiger partial charge in [-0.15, -0.1) is 0 Å². The number of carboxylic acids is 1. The summed E-state index contributed by atoms with van der Waals surface area (Å²) in [6.07, 6.45) is 0. The van der Waals surface area contributed by atoms with Gasteiger partial charge < -0.3 is 10.8 Å². The van der Waals surface area contributed by atoms with Crippen molar-refractivity contribution in [1.82, 2.24) is 4.98 Å². The van der Waals surface area contributed by atoms with Crippen LogP contribution in [-0.2, 0) is 0 Å². The SMILES string of the molecule is Nc1nc2ccc(C(=O)O)cc2c2ccccc12. The molecular weight excluding hydrogens is 228 g/mol. The standard InChI is InChI=1S/C14H10N2O2/c15-13-10-4-2-1-3-9(10)11-7-8(14(17)18)5-6-12(11)16-13/h1-7H,(H2,15,16)(H,17,18). The average Bonchev–Trinajstić information content (AvgIpc) is 2.38. The number of carbonyl (C=O) groups is 1. The molecule has 0 aliphatic rings. The molecule has 3 rings (SSSR count). The van der Waals surface area contributed by atoms with Crippen LogP contribution < -0.4 is 5.73 Å². The molecule has 0 radical (unpaired) electrons. The van der Waals surface area contributed by atoms with Crippen molar-refractivity contribution in [2.45, 2.75) is 0 Å². The second-order valence-electron chi connectivity index (χ2n) is 4.08. The number of carboxylic acid groups (broad SMARTS) is 1. The third kappa shape index (κ3) is 1.47. The highest BCUT2D eigenvalue weighted by Crippen LogP contribution is 2.28. The molecule has 4 nitrogen and oxygen atoms in total. The van der Waals surface area contributed by atoms with Crippen LogP contribution in [0.1, 0.15) is 10.4 Å². The first-order chi connectivity index (χ1) is 8.66. The van der Waals surface area contributed by atoms with E-state index in [-0.39, 0.29) is 5.56 Å². The lowest BCUT2D eigenvalue weighted by Crippen LogP contribution is -1.98. The molecule has 2 aromatic carbocycles. The van der Waals surface area contributed by atoms with E-state index in [2.05, 4.69) is 4.98 Å². The van der Waals surface area contributed by atoms with Crippen molar-refractivity contribution in [3.8, 4) is 0 Å². The van der Waals surface area contributed by atoms with Crippen LogP contribution in [0.15, 0.2) is 42.5 Å². The maximum Gasteiger partial charge on any atom is 0.335 e. The molecule has 0 saturated heterocycles. The summed E-state index contributed by atoms with van der Waals surface area (Å²) in [6.45, 7) is 0. The number of fused-ring (bicyclic) bond motifs is 3. The van der Waals surface area contributed by atoms with Crippen molar-refractivity contribution in [3.05, 3.63) is 48.0 Å². The summed E-state index contributed by atoms with van der Waals surface area (Å²) in [5.41, 5.74) is 6.85. The molecule has 88 valence electrons. The number of aromatic nitrogens is 1. The van der Waals surface area contributed by atoms with Gasteiger partial charge in [-0.1, -0.05) is 24.3 Å². The molecule has 0 spiro atoms. The predicted octanol–water partition coefficient (Wildman–Crippen LogP) is 2.67. The lowest BCUT2D eigenvalue weighted by molar-refractivity contribution is 0.0697. The van der Waals surface area contributed by atoms with Crippen LogP contribution in [0.5, 0.6) is 0 Å². The van der Waals surface area contributed by atoms with Gasteiger partial charge >= 0.3 is 5.97 Å². The molecule has 0 saturated carbocycles. The Hall–Kier alpha value is -2.62. The molecule has 0 amide bonds. The highest BCUT2D eigenvalue weighted by molar-refractivity contribution is 6.11. The molecule has 0 bridgehead atoms. The molecule has 3 N–H and O–H groups in total. The Labute approximate surface area is 103 Å². The summed E-state index contributed by atoms with van der Waals surface area (Å²) in [4.78, 5) is 15.3. The van der Waals surface area contributed by atoms with Crippen molar-refractivity contribution in [2.75, 3.05) is 5.73 Å². The third-order valence-electron chi connectivity index (χ3n) is 2.98. The van der Waals surface area contributed by atoms with Gasteiger partial charge in [0.1, 0.15) is 5.82 Å². The quantitative estimate of drug-likeness (QED) is 0.639. The van der Waals surface area contributed by atoms with Crippen LogP contribution in [0.2, 0.25) is 0 Å². The van der Waals surface area contributed by atoms with E-state index in [0.29, 0.717) is 11.3 Å². The van der Waals surface area contributed by atoms with Crippen molar-refractivity contribution in [2.24, 2.45) is 0 Å². The normalized spacial score (nSPS) is 10.9. The molecule has 0 atom stereocenters. The number of pyridine rings is 1. The lowest BCUT2D eigenvalue weighted by atomic mass is 10.0. The number of rotatable bonds is 1. The summed E-state index contributed by atoms with van der Waals surface area (Å²) in [5.74, 6) is -0.487. The third-order valence-corrected chi connectivity index (χ3v) is 2.98. The number of aromatic carboxylic acids is 1. The maximum atomic E-state index is 11.0. The highest BCUT2D eigenvalue weighted by atomic mass is 16.4. The number of nitrogens with zero attached hydrogens (tertiary/aromatic N) is 1. The minimum absolute atomic E-state index is 0.249. The smallest absolute Gasteiger partial charge is 0.335 e. The lowest BCUT2D eigenvalue weighted by Gasteiger charge is -2.06. The molecule has 0 fully saturated rings. The summed E-state index contributed by atoms with van der Waals surface area (Å²) in [6, 6.07) is 12.4. The Morgan fingerprint density at radius 3 is 2.50 bits per heavy atom.